The maximum absolute atomic E-state index is 12.5. The first-order chi connectivity index (χ1) is 13.2. The Bertz CT molecular complexity index is 968. The molecule has 0 unspecified atom stereocenters. The molecule has 0 aliphatic rings. The molecule has 2 aromatic carbocycles. The molecule has 0 radical (unpaired) electrons. The summed E-state index contributed by atoms with van der Waals surface area (Å²) in [6.07, 6.45) is 0. The lowest BCUT2D eigenvalue weighted by Gasteiger charge is -2.11. The van der Waals surface area contributed by atoms with E-state index in [-0.39, 0.29) is 17.2 Å². The van der Waals surface area contributed by atoms with Gasteiger partial charge < -0.3 is 10.1 Å². The van der Waals surface area contributed by atoms with Crippen molar-refractivity contribution in [1.29, 1.82) is 0 Å². The number of rotatable bonds is 7. The fourth-order valence-electron chi connectivity index (χ4n) is 2.73. The maximum Gasteiger partial charge on any atom is 0.271 e. The third kappa shape index (κ3) is 4.89. The van der Waals surface area contributed by atoms with Crippen molar-refractivity contribution >= 4 is 5.91 Å². The highest BCUT2D eigenvalue weighted by Gasteiger charge is 2.11. The largest absolute Gasteiger partial charge is 0.380 e. The second-order valence-corrected chi connectivity index (χ2v) is 6.08. The predicted octanol–water partition coefficient (Wildman–Crippen LogP) is 2.37. The lowest BCUT2D eigenvalue weighted by atomic mass is 10.1. The molecule has 138 valence electrons. The van der Waals surface area contributed by atoms with Crippen LogP contribution < -0.4 is 10.9 Å². The summed E-state index contributed by atoms with van der Waals surface area (Å²) < 4.78 is 6.48. The van der Waals surface area contributed by atoms with Gasteiger partial charge in [0.1, 0.15) is 5.69 Å². The molecule has 0 saturated carbocycles. The Morgan fingerprint density at radius 3 is 2.44 bits per heavy atom. The number of carbonyl (C=O) groups is 1. The fourth-order valence-corrected chi connectivity index (χ4v) is 2.73. The summed E-state index contributed by atoms with van der Waals surface area (Å²) in [4.78, 5) is 24.5. The van der Waals surface area contributed by atoms with Gasteiger partial charge in [0.25, 0.3) is 11.5 Å². The highest BCUT2D eigenvalue weighted by Crippen LogP contribution is 2.10. The quantitative estimate of drug-likeness (QED) is 0.699. The van der Waals surface area contributed by atoms with Gasteiger partial charge in [-0.3, -0.25) is 9.59 Å². The molecule has 6 heteroatoms. The van der Waals surface area contributed by atoms with Gasteiger partial charge in [-0.05, 0) is 22.8 Å². The Kier molecular flexibility index (Phi) is 6.12. The summed E-state index contributed by atoms with van der Waals surface area (Å²) in [6.45, 7) is 1.15. The molecule has 1 N–H and O–H groups in total. The smallest absolute Gasteiger partial charge is 0.271 e. The molecule has 0 fully saturated rings. The van der Waals surface area contributed by atoms with E-state index >= 15 is 0 Å². The van der Waals surface area contributed by atoms with Gasteiger partial charge in [0.05, 0.1) is 13.2 Å². The number of hydrogen-bond donors (Lipinski definition) is 1. The molecule has 0 atom stereocenters. The van der Waals surface area contributed by atoms with Crippen molar-refractivity contribution in [2.75, 3.05) is 7.11 Å². The number of nitrogens with zero attached hydrogens (tertiary/aromatic N) is 2. The van der Waals surface area contributed by atoms with Crippen LogP contribution >= 0.6 is 0 Å². The second-order valence-electron chi connectivity index (χ2n) is 6.08. The van der Waals surface area contributed by atoms with Crippen molar-refractivity contribution in [1.82, 2.24) is 15.1 Å². The molecule has 0 bridgehead atoms. The molecule has 27 heavy (non-hydrogen) atoms. The standard InChI is InChI=1S/C21H21N3O3/c1-27-15-18-10-6-5-9-17(18)13-22-21(26)19-11-12-20(25)24(23-19)14-16-7-3-2-4-8-16/h2-12H,13-15H2,1H3,(H,22,26). The highest BCUT2D eigenvalue weighted by atomic mass is 16.5. The Morgan fingerprint density at radius 1 is 1.00 bits per heavy atom. The highest BCUT2D eigenvalue weighted by molar-refractivity contribution is 5.91. The summed E-state index contributed by atoms with van der Waals surface area (Å²) in [5.74, 6) is -0.330. The summed E-state index contributed by atoms with van der Waals surface area (Å²) >= 11 is 0. The first kappa shape index (κ1) is 18.5. The minimum absolute atomic E-state index is 0.203. The van der Waals surface area contributed by atoms with Crippen molar-refractivity contribution in [2.45, 2.75) is 19.7 Å². The lowest BCUT2D eigenvalue weighted by molar-refractivity contribution is 0.0943. The van der Waals surface area contributed by atoms with Crippen LogP contribution in [0.1, 0.15) is 27.2 Å². The third-order valence-corrected chi connectivity index (χ3v) is 4.13. The molecule has 3 rings (SSSR count). The predicted molar refractivity (Wildman–Crippen MR) is 102 cm³/mol. The molecule has 6 nitrogen and oxygen atoms in total. The molecule has 1 amide bonds. The lowest BCUT2D eigenvalue weighted by Crippen LogP contribution is -2.29. The normalized spacial score (nSPS) is 10.6. The number of carbonyl (C=O) groups excluding carboxylic acids is 1. The van der Waals surface area contributed by atoms with Crippen LogP contribution in [0, 0.1) is 0 Å². The van der Waals surface area contributed by atoms with Crippen molar-refractivity contribution < 1.29 is 9.53 Å². The average molecular weight is 363 g/mol. The first-order valence-corrected chi connectivity index (χ1v) is 8.63. The van der Waals surface area contributed by atoms with Crippen molar-refractivity contribution in [3.05, 3.63) is 99.5 Å². The number of ether oxygens (including phenoxy) is 1. The van der Waals surface area contributed by atoms with Crippen LogP contribution in [0.2, 0.25) is 0 Å². The number of benzene rings is 2. The Labute approximate surface area is 157 Å². The van der Waals surface area contributed by atoms with Gasteiger partial charge in [0, 0.05) is 19.7 Å². The van der Waals surface area contributed by atoms with Gasteiger partial charge in [-0.15, -0.1) is 0 Å². The number of methoxy groups -OCH3 is 1. The van der Waals surface area contributed by atoms with Gasteiger partial charge in [0.2, 0.25) is 0 Å². The zero-order valence-electron chi connectivity index (χ0n) is 15.1. The van der Waals surface area contributed by atoms with Crippen molar-refractivity contribution in [3.8, 4) is 0 Å². The second kappa shape index (κ2) is 8.91. The van der Waals surface area contributed by atoms with Crippen LogP contribution in [0.4, 0.5) is 0 Å². The van der Waals surface area contributed by atoms with Crippen LogP contribution in [-0.4, -0.2) is 22.8 Å². The zero-order chi connectivity index (χ0) is 19.1. The third-order valence-electron chi connectivity index (χ3n) is 4.13. The topological polar surface area (TPSA) is 73.2 Å². The van der Waals surface area contributed by atoms with Crippen LogP contribution in [0.15, 0.2) is 71.5 Å². The fraction of sp³-hybridized carbons (Fsp3) is 0.190. The molecular formula is C21H21N3O3. The Morgan fingerprint density at radius 2 is 1.70 bits per heavy atom. The van der Waals surface area contributed by atoms with Crippen molar-refractivity contribution in [3.63, 3.8) is 0 Å². The van der Waals surface area contributed by atoms with Gasteiger partial charge in [0.15, 0.2) is 0 Å². The van der Waals surface area contributed by atoms with Crippen molar-refractivity contribution in [2.24, 2.45) is 0 Å². The molecule has 0 aliphatic carbocycles. The van der Waals surface area contributed by atoms with Gasteiger partial charge in [-0.25, -0.2) is 4.68 Å². The first-order valence-electron chi connectivity index (χ1n) is 8.63. The number of aromatic nitrogens is 2. The van der Waals surface area contributed by atoms with E-state index in [1.165, 1.54) is 16.8 Å². The Hall–Kier alpha value is -3.25. The summed E-state index contributed by atoms with van der Waals surface area (Å²) in [5.41, 5.74) is 2.89. The van der Waals surface area contributed by atoms with Crippen LogP contribution in [-0.2, 0) is 24.4 Å². The average Bonchev–Trinajstić information content (AvgIpc) is 2.70. The van der Waals surface area contributed by atoms with Gasteiger partial charge in [-0.2, -0.15) is 5.10 Å². The van der Waals surface area contributed by atoms with Gasteiger partial charge in [-0.1, -0.05) is 54.6 Å². The zero-order valence-corrected chi connectivity index (χ0v) is 15.1. The molecule has 1 aromatic heterocycles. The van der Waals surface area contributed by atoms with E-state index in [0.29, 0.717) is 19.7 Å². The van der Waals surface area contributed by atoms with E-state index in [1.807, 2.05) is 54.6 Å². The summed E-state index contributed by atoms with van der Waals surface area (Å²) in [5, 5.41) is 7.06. The summed E-state index contributed by atoms with van der Waals surface area (Å²) in [7, 11) is 1.63. The van der Waals surface area contributed by atoms with Gasteiger partial charge >= 0.3 is 0 Å². The van der Waals surface area contributed by atoms with E-state index in [4.69, 9.17) is 4.74 Å². The van der Waals surface area contributed by atoms with Crippen LogP contribution in [0.25, 0.3) is 0 Å². The summed E-state index contributed by atoms with van der Waals surface area (Å²) in [6, 6.07) is 20.1. The molecule has 0 saturated heterocycles. The molecule has 3 aromatic rings. The number of amides is 1. The van der Waals surface area contributed by atoms with Crippen LogP contribution in [0.3, 0.4) is 0 Å². The Balaban J connectivity index is 1.72. The number of hydrogen-bond acceptors (Lipinski definition) is 4. The van der Waals surface area contributed by atoms with E-state index in [9.17, 15) is 9.59 Å². The molecule has 0 aliphatic heterocycles. The van der Waals surface area contributed by atoms with E-state index < -0.39 is 0 Å². The minimum Gasteiger partial charge on any atom is -0.380 e. The molecule has 0 spiro atoms. The number of nitrogens with one attached hydrogen (secondary N) is 1. The SMILES string of the molecule is COCc1ccccc1CNC(=O)c1ccc(=O)n(Cc2ccccc2)n1. The monoisotopic (exact) mass is 363 g/mol. The molecular weight excluding hydrogens is 342 g/mol. The van der Waals surface area contributed by atoms with Crippen LogP contribution in [0.5, 0.6) is 0 Å². The maximum atomic E-state index is 12.5. The molecule has 1 heterocycles. The minimum atomic E-state index is -0.330. The van der Waals surface area contributed by atoms with E-state index in [1.54, 1.807) is 7.11 Å². The van der Waals surface area contributed by atoms with E-state index in [0.717, 1.165) is 16.7 Å². The van der Waals surface area contributed by atoms with E-state index in [2.05, 4.69) is 10.4 Å².